The summed E-state index contributed by atoms with van der Waals surface area (Å²) >= 11 is 0. The summed E-state index contributed by atoms with van der Waals surface area (Å²) in [5, 5.41) is 4.45. The first-order valence-corrected chi connectivity index (χ1v) is 10.6. The molecule has 5 nitrogen and oxygen atoms in total. The first-order valence-electron chi connectivity index (χ1n) is 10.6. The Morgan fingerprint density at radius 3 is 2.54 bits per heavy atom. The average Bonchev–Trinajstić information content (AvgIpc) is 3.15. The molecule has 0 unspecified atom stereocenters. The van der Waals surface area contributed by atoms with Crippen LogP contribution in [0.2, 0.25) is 0 Å². The Morgan fingerprint density at radius 1 is 1.25 bits per heavy atom. The monoisotopic (exact) mass is 383 g/mol. The number of anilines is 1. The van der Waals surface area contributed by atoms with E-state index in [1.165, 1.54) is 0 Å². The summed E-state index contributed by atoms with van der Waals surface area (Å²) < 4.78 is 5.89. The van der Waals surface area contributed by atoms with Gasteiger partial charge >= 0.3 is 0 Å². The van der Waals surface area contributed by atoms with Crippen LogP contribution >= 0.6 is 0 Å². The van der Waals surface area contributed by atoms with Gasteiger partial charge in [-0.2, -0.15) is 0 Å². The molecule has 1 aromatic heterocycles. The summed E-state index contributed by atoms with van der Waals surface area (Å²) in [4.78, 5) is 17.0. The second-order valence-corrected chi connectivity index (χ2v) is 7.98. The third-order valence-electron chi connectivity index (χ3n) is 5.96. The van der Waals surface area contributed by atoms with Crippen molar-refractivity contribution in [3.8, 4) is 11.3 Å². The molecule has 0 aliphatic carbocycles. The fraction of sp³-hybridized carbons (Fsp3) is 0.565. The van der Waals surface area contributed by atoms with Gasteiger partial charge in [0.25, 0.3) is 0 Å². The third-order valence-corrected chi connectivity index (χ3v) is 5.96. The van der Waals surface area contributed by atoms with Crippen molar-refractivity contribution in [2.45, 2.75) is 66.0 Å². The average molecular weight is 384 g/mol. The van der Waals surface area contributed by atoms with Crippen molar-refractivity contribution in [3.05, 3.63) is 35.9 Å². The van der Waals surface area contributed by atoms with Crippen LogP contribution in [0.3, 0.4) is 0 Å². The summed E-state index contributed by atoms with van der Waals surface area (Å²) in [6, 6.07) is 10.3. The van der Waals surface area contributed by atoms with Crippen molar-refractivity contribution >= 4 is 11.8 Å². The van der Waals surface area contributed by atoms with Crippen molar-refractivity contribution in [1.29, 1.82) is 0 Å². The molecule has 28 heavy (non-hydrogen) atoms. The minimum atomic E-state index is 0.174. The van der Waals surface area contributed by atoms with Gasteiger partial charge in [-0.1, -0.05) is 56.3 Å². The van der Waals surface area contributed by atoms with Crippen LogP contribution in [-0.4, -0.2) is 35.1 Å². The number of hydrogen-bond donors (Lipinski definition) is 0. The zero-order valence-electron chi connectivity index (χ0n) is 17.6. The number of benzene rings is 1. The molecule has 0 spiro atoms. The first kappa shape index (κ1) is 20.4. The van der Waals surface area contributed by atoms with Gasteiger partial charge in [-0.05, 0) is 32.1 Å². The maximum absolute atomic E-state index is 12.7. The molecule has 0 N–H and O–H groups in total. The number of rotatable bonds is 7. The number of carbonyl (C=O) groups excluding carboxylic acids is 1. The highest BCUT2D eigenvalue weighted by Gasteiger charge is 2.29. The molecule has 1 fully saturated rings. The van der Waals surface area contributed by atoms with Crippen LogP contribution in [0.4, 0.5) is 5.88 Å². The smallest absolute Gasteiger partial charge is 0.232 e. The molecule has 1 atom stereocenters. The number of amides is 1. The lowest BCUT2D eigenvalue weighted by Gasteiger charge is -2.32. The van der Waals surface area contributed by atoms with Crippen molar-refractivity contribution in [1.82, 2.24) is 10.1 Å². The molecule has 5 heteroatoms. The number of piperidine rings is 1. The molecule has 1 saturated heterocycles. The lowest BCUT2D eigenvalue weighted by molar-refractivity contribution is -0.133. The van der Waals surface area contributed by atoms with Crippen molar-refractivity contribution in [2.24, 2.45) is 5.92 Å². The molecular weight excluding hydrogens is 350 g/mol. The van der Waals surface area contributed by atoms with Crippen LogP contribution in [0.25, 0.3) is 11.3 Å². The molecule has 0 saturated carbocycles. The van der Waals surface area contributed by atoms with Crippen LogP contribution in [0.15, 0.2) is 34.9 Å². The van der Waals surface area contributed by atoms with Gasteiger partial charge in [0.15, 0.2) is 0 Å². The Hall–Kier alpha value is -2.30. The van der Waals surface area contributed by atoms with Crippen LogP contribution < -0.4 is 4.90 Å². The molecule has 1 aromatic carbocycles. The van der Waals surface area contributed by atoms with E-state index >= 15 is 0 Å². The van der Waals surface area contributed by atoms with Crippen molar-refractivity contribution in [2.75, 3.05) is 18.0 Å². The molecule has 152 valence electrons. The van der Waals surface area contributed by atoms with E-state index in [4.69, 9.17) is 4.52 Å². The van der Waals surface area contributed by atoms with Crippen LogP contribution in [0.1, 0.15) is 58.9 Å². The van der Waals surface area contributed by atoms with Gasteiger partial charge in [0.1, 0.15) is 5.69 Å². The maximum Gasteiger partial charge on any atom is 0.232 e. The highest BCUT2D eigenvalue weighted by Crippen LogP contribution is 2.35. The first-order chi connectivity index (χ1) is 13.5. The van der Waals surface area contributed by atoms with E-state index in [9.17, 15) is 4.79 Å². The van der Waals surface area contributed by atoms with Crippen LogP contribution in [0, 0.1) is 5.92 Å². The van der Waals surface area contributed by atoms with Gasteiger partial charge in [0.2, 0.25) is 11.8 Å². The molecule has 1 amide bonds. The number of hydrogen-bond acceptors (Lipinski definition) is 4. The molecule has 0 bridgehead atoms. The SMILES string of the molecule is CCC(=O)N(Cc1c(-c2ccccc2)noc1N1CCC(C)CC1)[C@@H](C)CC. The quantitative estimate of drug-likeness (QED) is 0.666. The van der Waals surface area contributed by atoms with E-state index < -0.39 is 0 Å². The lowest BCUT2D eigenvalue weighted by Crippen LogP contribution is -2.38. The second-order valence-electron chi connectivity index (χ2n) is 7.98. The predicted molar refractivity (Wildman–Crippen MR) is 113 cm³/mol. The van der Waals surface area contributed by atoms with Gasteiger partial charge in [0, 0.05) is 31.1 Å². The normalized spacial score (nSPS) is 16.2. The second kappa shape index (κ2) is 9.26. The van der Waals surface area contributed by atoms with Crippen molar-refractivity contribution < 1.29 is 9.32 Å². The Bertz CT molecular complexity index is 763. The minimum absolute atomic E-state index is 0.174. The third kappa shape index (κ3) is 4.40. The molecule has 3 rings (SSSR count). The number of nitrogens with zero attached hydrogens (tertiary/aromatic N) is 3. The number of carbonyl (C=O) groups is 1. The summed E-state index contributed by atoms with van der Waals surface area (Å²) in [6.07, 6.45) is 3.74. The summed E-state index contributed by atoms with van der Waals surface area (Å²) in [6.45, 7) is 11.0. The maximum atomic E-state index is 12.7. The van der Waals surface area contributed by atoms with E-state index in [1.807, 2.05) is 30.0 Å². The molecule has 0 radical (unpaired) electrons. The zero-order valence-corrected chi connectivity index (χ0v) is 17.6. The summed E-state index contributed by atoms with van der Waals surface area (Å²) in [7, 11) is 0. The van der Waals surface area contributed by atoms with Crippen LogP contribution in [0.5, 0.6) is 0 Å². The Morgan fingerprint density at radius 2 is 1.93 bits per heavy atom. The van der Waals surface area contributed by atoms with E-state index in [1.54, 1.807) is 0 Å². The minimum Gasteiger partial charge on any atom is -0.340 e. The predicted octanol–water partition coefficient (Wildman–Crippen LogP) is 5.12. The van der Waals surface area contributed by atoms with E-state index in [0.717, 1.165) is 61.0 Å². The van der Waals surface area contributed by atoms with E-state index in [0.29, 0.717) is 13.0 Å². The Balaban J connectivity index is 1.99. The highest BCUT2D eigenvalue weighted by atomic mass is 16.5. The molecule has 2 heterocycles. The van der Waals surface area contributed by atoms with Gasteiger partial charge < -0.3 is 14.3 Å². The number of aromatic nitrogens is 1. The Kier molecular flexibility index (Phi) is 6.76. The van der Waals surface area contributed by atoms with Crippen molar-refractivity contribution in [3.63, 3.8) is 0 Å². The van der Waals surface area contributed by atoms with Gasteiger partial charge in [0.05, 0.1) is 12.1 Å². The summed E-state index contributed by atoms with van der Waals surface area (Å²) in [5.41, 5.74) is 2.92. The molecule has 2 aromatic rings. The molecular formula is C23H33N3O2. The standard InChI is InChI=1S/C23H33N3O2/c1-5-18(4)26(21(27)6-2)16-20-22(19-10-8-7-9-11-19)24-28-23(20)25-14-12-17(3)13-15-25/h7-11,17-18H,5-6,12-16H2,1-4H3/t18-/m0/s1. The summed E-state index contributed by atoms with van der Waals surface area (Å²) in [5.74, 6) is 1.75. The van der Waals surface area contributed by atoms with Crippen LogP contribution in [-0.2, 0) is 11.3 Å². The zero-order chi connectivity index (χ0) is 20.1. The largest absolute Gasteiger partial charge is 0.340 e. The lowest BCUT2D eigenvalue weighted by atomic mass is 9.98. The topological polar surface area (TPSA) is 49.6 Å². The van der Waals surface area contributed by atoms with E-state index in [2.05, 4.69) is 43.0 Å². The Labute approximate surface area is 168 Å². The molecule has 1 aliphatic heterocycles. The van der Waals surface area contributed by atoms with Gasteiger partial charge in [-0.25, -0.2) is 0 Å². The highest BCUT2D eigenvalue weighted by molar-refractivity contribution is 5.77. The van der Waals surface area contributed by atoms with Gasteiger partial charge in [-0.15, -0.1) is 0 Å². The van der Waals surface area contributed by atoms with E-state index in [-0.39, 0.29) is 11.9 Å². The van der Waals surface area contributed by atoms with Gasteiger partial charge in [-0.3, -0.25) is 4.79 Å². The fourth-order valence-corrected chi connectivity index (χ4v) is 3.81. The fourth-order valence-electron chi connectivity index (χ4n) is 3.81. The molecule has 1 aliphatic rings.